The summed E-state index contributed by atoms with van der Waals surface area (Å²) in [7, 11) is 0. The highest BCUT2D eigenvalue weighted by atomic mass is 16.8. The fourth-order valence-corrected chi connectivity index (χ4v) is 3.97. The number of hydrogen-bond acceptors (Lipinski definition) is 7. The molecule has 3 heterocycles. The molecule has 0 spiro atoms. The predicted octanol–water partition coefficient (Wildman–Crippen LogP) is 1.45. The van der Waals surface area contributed by atoms with E-state index in [1.54, 1.807) is 20.8 Å². The molecule has 3 saturated heterocycles. The Morgan fingerprint density at radius 3 is 2.68 bits per heavy atom. The number of benzene rings is 1. The summed E-state index contributed by atoms with van der Waals surface area (Å²) in [5.41, 5.74) is 0.894. The predicted molar refractivity (Wildman–Crippen MR) is 96.0 cm³/mol. The summed E-state index contributed by atoms with van der Waals surface area (Å²) in [6.45, 7) is 5.38. The van der Waals surface area contributed by atoms with Crippen molar-refractivity contribution >= 4 is 12.0 Å². The van der Waals surface area contributed by atoms with Crippen molar-refractivity contribution in [2.24, 2.45) is 5.92 Å². The number of ether oxygens (including phenoxy) is 4. The number of nitrogens with zero attached hydrogens (tertiary/aromatic N) is 1. The van der Waals surface area contributed by atoms with Crippen LogP contribution in [-0.2, 0) is 30.2 Å². The minimum Gasteiger partial charge on any atom is -0.438 e. The molecule has 0 aliphatic carbocycles. The van der Waals surface area contributed by atoms with Crippen molar-refractivity contribution in [1.29, 1.82) is 0 Å². The maximum Gasteiger partial charge on any atom is 0.419 e. The van der Waals surface area contributed by atoms with Gasteiger partial charge in [0.2, 0.25) is 5.91 Å². The van der Waals surface area contributed by atoms with Crippen LogP contribution in [0.2, 0.25) is 0 Å². The average Bonchev–Trinajstić information content (AvgIpc) is 3.13. The summed E-state index contributed by atoms with van der Waals surface area (Å²) in [4.78, 5) is 26.7. The Bertz CT molecular complexity index is 750. The van der Waals surface area contributed by atoms with Crippen molar-refractivity contribution in [1.82, 2.24) is 4.90 Å². The van der Waals surface area contributed by atoms with E-state index < -0.39 is 54.3 Å². The van der Waals surface area contributed by atoms with Crippen LogP contribution in [0, 0.1) is 5.92 Å². The number of hydrogen-bond donors (Lipinski definition) is 1. The molecular formula is C20H25NO7. The van der Waals surface area contributed by atoms with Gasteiger partial charge in [0, 0.05) is 0 Å². The maximum absolute atomic E-state index is 13.2. The van der Waals surface area contributed by atoms with E-state index in [0.29, 0.717) is 6.42 Å². The molecule has 3 aliphatic rings. The normalized spacial score (nSPS) is 33.0. The minimum atomic E-state index is -0.943. The molecule has 0 unspecified atom stereocenters. The number of amides is 2. The van der Waals surface area contributed by atoms with Crippen LogP contribution in [0.4, 0.5) is 4.79 Å². The van der Waals surface area contributed by atoms with E-state index in [-0.39, 0.29) is 6.61 Å². The number of fused-ring (bicyclic) bond motifs is 3. The van der Waals surface area contributed by atoms with Gasteiger partial charge in [-0.25, -0.2) is 9.69 Å². The quantitative estimate of drug-likeness (QED) is 0.830. The van der Waals surface area contributed by atoms with Gasteiger partial charge in [-0.05, 0) is 32.8 Å². The van der Waals surface area contributed by atoms with Gasteiger partial charge in [0.05, 0.1) is 18.6 Å². The second-order valence-corrected chi connectivity index (χ2v) is 7.95. The SMILES string of the molecule is C[C@@H](O)[C@H](Cc1ccccc1)C(=O)N1C(=O)O[C@@H]2[C@H]3OC(C)(C)OC[C@H]3O[C@@H]21. The first-order valence-electron chi connectivity index (χ1n) is 9.50. The Kier molecular flexibility index (Phi) is 4.91. The van der Waals surface area contributed by atoms with Crippen molar-refractivity contribution in [3.63, 3.8) is 0 Å². The van der Waals surface area contributed by atoms with Gasteiger partial charge in [0.1, 0.15) is 12.2 Å². The van der Waals surface area contributed by atoms with Gasteiger partial charge in [0.25, 0.3) is 0 Å². The van der Waals surface area contributed by atoms with Crippen LogP contribution in [0.15, 0.2) is 30.3 Å². The van der Waals surface area contributed by atoms with Gasteiger partial charge < -0.3 is 24.1 Å². The molecule has 0 radical (unpaired) electrons. The molecule has 0 aromatic heterocycles. The third-order valence-electron chi connectivity index (χ3n) is 5.42. The zero-order chi connectivity index (χ0) is 20.1. The molecule has 3 aliphatic heterocycles. The molecule has 6 atom stereocenters. The summed E-state index contributed by atoms with van der Waals surface area (Å²) >= 11 is 0. The zero-order valence-electron chi connectivity index (χ0n) is 16.1. The highest BCUT2D eigenvalue weighted by Gasteiger charge is 2.61. The molecule has 4 rings (SSSR count). The first-order valence-corrected chi connectivity index (χ1v) is 9.50. The van der Waals surface area contributed by atoms with Crippen LogP contribution in [0.25, 0.3) is 0 Å². The largest absolute Gasteiger partial charge is 0.438 e. The molecule has 8 nitrogen and oxygen atoms in total. The summed E-state index contributed by atoms with van der Waals surface area (Å²) < 4.78 is 22.8. The molecule has 0 bridgehead atoms. The lowest BCUT2D eigenvalue weighted by Gasteiger charge is -2.37. The number of aliphatic hydroxyl groups is 1. The van der Waals surface area contributed by atoms with Gasteiger partial charge in [0.15, 0.2) is 18.1 Å². The van der Waals surface area contributed by atoms with Crippen LogP contribution in [0.1, 0.15) is 26.3 Å². The topological polar surface area (TPSA) is 94.5 Å². The summed E-state index contributed by atoms with van der Waals surface area (Å²) in [6, 6.07) is 9.36. The molecule has 1 aromatic rings. The van der Waals surface area contributed by atoms with E-state index in [4.69, 9.17) is 18.9 Å². The van der Waals surface area contributed by atoms with Crippen LogP contribution in [0.3, 0.4) is 0 Å². The molecule has 3 fully saturated rings. The van der Waals surface area contributed by atoms with E-state index in [2.05, 4.69) is 0 Å². The fraction of sp³-hybridized carbons (Fsp3) is 0.600. The number of imide groups is 1. The lowest BCUT2D eigenvalue weighted by atomic mass is 9.93. The molecule has 1 N–H and O–H groups in total. The Labute approximate surface area is 163 Å². The van der Waals surface area contributed by atoms with Crippen LogP contribution in [-0.4, -0.2) is 65.0 Å². The van der Waals surface area contributed by atoms with E-state index in [1.165, 1.54) is 0 Å². The Hall–Kier alpha value is -2.00. The Morgan fingerprint density at radius 1 is 1.29 bits per heavy atom. The monoisotopic (exact) mass is 391 g/mol. The van der Waals surface area contributed by atoms with E-state index in [0.717, 1.165) is 10.5 Å². The van der Waals surface area contributed by atoms with Gasteiger partial charge in [-0.3, -0.25) is 4.79 Å². The number of rotatable bonds is 4. The lowest BCUT2D eigenvalue weighted by molar-refractivity contribution is -0.301. The van der Waals surface area contributed by atoms with E-state index >= 15 is 0 Å². The summed E-state index contributed by atoms with van der Waals surface area (Å²) in [6.07, 6.45) is -3.94. The second kappa shape index (κ2) is 7.11. The minimum absolute atomic E-state index is 0.286. The summed E-state index contributed by atoms with van der Waals surface area (Å²) in [5, 5.41) is 10.2. The van der Waals surface area contributed by atoms with E-state index in [9.17, 15) is 14.7 Å². The third kappa shape index (κ3) is 3.41. The first kappa shape index (κ1) is 19.3. The Balaban J connectivity index is 1.54. The van der Waals surface area contributed by atoms with Gasteiger partial charge in [-0.2, -0.15) is 0 Å². The molecule has 1 aromatic carbocycles. The smallest absolute Gasteiger partial charge is 0.419 e. The lowest BCUT2D eigenvalue weighted by Crippen LogP contribution is -2.50. The van der Waals surface area contributed by atoms with Crippen molar-refractivity contribution in [3.05, 3.63) is 35.9 Å². The van der Waals surface area contributed by atoms with Crippen LogP contribution >= 0.6 is 0 Å². The molecule has 2 amide bonds. The second-order valence-electron chi connectivity index (χ2n) is 7.95. The zero-order valence-corrected chi connectivity index (χ0v) is 16.1. The molecule has 0 saturated carbocycles. The number of carbonyl (C=O) groups excluding carboxylic acids is 2. The van der Waals surface area contributed by atoms with E-state index in [1.807, 2.05) is 30.3 Å². The highest BCUT2D eigenvalue weighted by Crippen LogP contribution is 2.40. The van der Waals surface area contributed by atoms with Gasteiger partial charge in [-0.15, -0.1) is 0 Å². The van der Waals surface area contributed by atoms with Gasteiger partial charge >= 0.3 is 6.09 Å². The standard InChI is InChI=1S/C20H25NO7/c1-11(22)13(9-12-7-5-4-6-8-12)17(23)21-18-16(27-19(21)24)15-14(26-18)10-25-20(2,3)28-15/h4-8,11,13-16,18,22H,9-10H2,1-3H3/t11-,13+,14-,15+,16-,18+/m1/s1. The average molecular weight is 391 g/mol. The van der Waals surface area contributed by atoms with Crippen molar-refractivity contribution in [2.45, 2.75) is 63.6 Å². The van der Waals surface area contributed by atoms with Crippen molar-refractivity contribution in [2.75, 3.05) is 6.61 Å². The Morgan fingerprint density at radius 2 is 2.00 bits per heavy atom. The molecular weight excluding hydrogens is 366 g/mol. The molecule has 152 valence electrons. The number of carbonyl (C=O) groups is 2. The van der Waals surface area contributed by atoms with Crippen molar-refractivity contribution in [3.8, 4) is 0 Å². The van der Waals surface area contributed by atoms with Crippen molar-refractivity contribution < 1.29 is 33.6 Å². The molecule has 28 heavy (non-hydrogen) atoms. The first-order chi connectivity index (χ1) is 13.3. The maximum atomic E-state index is 13.2. The third-order valence-corrected chi connectivity index (χ3v) is 5.42. The fourth-order valence-electron chi connectivity index (χ4n) is 3.97. The van der Waals surface area contributed by atoms with Crippen LogP contribution in [0.5, 0.6) is 0 Å². The van der Waals surface area contributed by atoms with Crippen LogP contribution < -0.4 is 0 Å². The van der Waals surface area contributed by atoms with Gasteiger partial charge in [-0.1, -0.05) is 30.3 Å². The highest BCUT2D eigenvalue weighted by molar-refractivity contribution is 5.95. The number of aliphatic hydroxyl groups excluding tert-OH is 1. The summed E-state index contributed by atoms with van der Waals surface area (Å²) in [5.74, 6) is -2.14. The molecule has 8 heteroatoms.